The van der Waals surface area contributed by atoms with E-state index in [1.807, 2.05) is 6.07 Å². The van der Waals surface area contributed by atoms with Crippen molar-refractivity contribution in [1.82, 2.24) is 9.97 Å². The third-order valence-corrected chi connectivity index (χ3v) is 2.90. The number of nitrogens with zero attached hydrogens (tertiary/aromatic N) is 2. The molecule has 1 fully saturated rings. The normalized spacial score (nSPS) is 20.4. The van der Waals surface area contributed by atoms with E-state index in [2.05, 4.69) is 9.97 Å². The number of aromatic nitrogens is 2. The molecule has 1 aliphatic rings. The molecule has 0 unspecified atom stereocenters. The van der Waals surface area contributed by atoms with Crippen LogP contribution >= 0.6 is 0 Å². The maximum atomic E-state index is 9.39. The number of aliphatic hydroxyl groups is 1. The summed E-state index contributed by atoms with van der Waals surface area (Å²) in [5, 5.41) is 9.39. The lowest BCUT2D eigenvalue weighted by molar-refractivity contribution is 0.188. The lowest BCUT2D eigenvalue weighted by atomic mass is 9.86. The molecular weight excluding hydrogens is 164 g/mol. The van der Waals surface area contributed by atoms with Crippen LogP contribution in [0.4, 0.5) is 0 Å². The predicted molar refractivity (Wildman–Crippen MR) is 49.3 cm³/mol. The molecule has 3 heteroatoms. The van der Waals surface area contributed by atoms with Crippen LogP contribution in [-0.4, -0.2) is 21.7 Å². The zero-order valence-corrected chi connectivity index (χ0v) is 7.61. The molecule has 13 heavy (non-hydrogen) atoms. The second kappa shape index (κ2) is 3.42. The quantitative estimate of drug-likeness (QED) is 0.742. The molecule has 1 aliphatic carbocycles. The molecule has 0 radical (unpaired) electrons. The molecule has 0 aliphatic heterocycles. The van der Waals surface area contributed by atoms with Crippen LogP contribution in [0.2, 0.25) is 0 Å². The fourth-order valence-corrected chi connectivity index (χ4v) is 2.08. The summed E-state index contributed by atoms with van der Waals surface area (Å²) in [5.41, 5.74) is -0.138. The first-order chi connectivity index (χ1) is 6.37. The van der Waals surface area contributed by atoms with Gasteiger partial charge in [-0.1, -0.05) is 12.8 Å². The van der Waals surface area contributed by atoms with Crippen LogP contribution in [0.5, 0.6) is 0 Å². The Morgan fingerprint density at radius 2 is 1.85 bits per heavy atom. The van der Waals surface area contributed by atoms with Crippen LogP contribution < -0.4 is 0 Å². The Morgan fingerprint density at radius 3 is 2.38 bits per heavy atom. The molecule has 0 spiro atoms. The highest BCUT2D eigenvalue weighted by Gasteiger charge is 2.37. The highest BCUT2D eigenvalue weighted by Crippen LogP contribution is 2.38. The van der Waals surface area contributed by atoms with Gasteiger partial charge in [0.15, 0.2) is 0 Å². The van der Waals surface area contributed by atoms with Gasteiger partial charge in [0.1, 0.15) is 5.82 Å². The largest absolute Gasteiger partial charge is 0.395 e. The molecule has 0 amide bonds. The van der Waals surface area contributed by atoms with Crippen molar-refractivity contribution in [3.63, 3.8) is 0 Å². The number of rotatable bonds is 2. The van der Waals surface area contributed by atoms with E-state index < -0.39 is 0 Å². The number of hydrogen-bond donors (Lipinski definition) is 1. The molecule has 1 heterocycles. The van der Waals surface area contributed by atoms with Gasteiger partial charge in [0.05, 0.1) is 12.0 Å². The van der Waals surface area contributed by atoms with Gasteiger partial charge in [-0.05, 0) is 18.9 Å². The van der Waals surface area contributed by atoms with Gasteiger partial charge in [0, 0.05) is 12.4 Å². The standard InChI is InChI=1S/C10H14N2O/c13-8-10(4-1-2-5-10)9-11-6-3-7-12-9/h3,6-7,13H,1-2,4-5,8H2. The fraction of sp³-hybridized carbons (Fsp3) is 0.600. The highest BCUT2D eigenvalue weighted by molar-refractivity contribution is 5.10. The first-order valence-corrected chi connectivity index (χ1v) is 4.76. The van der Waals surface area contributed by atoms with Gasteiger partial charge in [-0.15, -0.1) is 0 Å². The minimum absolute atomic E-state index is 0.138. The molecular formula is C10H14N2O. The van der Waals surface area contributed by atoms with E-state index in [0.29, 0.717) is 0 Å². The van der Waals surface area contributed by atoms with E-state index in [1.54, 1.807) is 12.4 Å². The Bertz CT molecular complexity index is 268. The molecule has 1 saturated carbocycles. The van der Waals surface area contributed by atoms with Gasteiger partial charge in [-0.2, -0.15) is 0 Å². The molecule has 0 bridgehead atoms. The Kier molecular flexibility index (Phi) is 2.27. The Morgan fingerprint density at radius 1 is 1.23 bits per heavy atom. The van der Waals surface area contributed by atoms with Crippen LogP contribution in [-0.2, 0) is 5.41 Å². The van der Waals surface area contributed by atoms with Gasteiger partial charge in [0.2, 0.25) is 0 Å². The number of aliphatic hydroxyl groups excluding tert-OH is 1. The summed E-state index contributed by atoms with van der Waals surface area (Å²) in [6.45, 7) is 0.178. The van der Waals surface area contributed by atoms with Crippen molar-refractivity contribution in [1.29, 1.82) is 0 Å². The minimum Gasteiger partial charge on any atom is -0.395 e. The van der Waals surface area contributed by atoms with Crippen molar-refractivity contribution in [3.05, 3.63) is 24.3 Å². The Balaban J connectivity index is 2.31. The molecule has 0 aromatic carbocycles. The monoisotopic (exact) mass is 178 g/mol. The lowest BCUT2D eigenvalue weighted by Gasteiger charge is -2.23. The van der Waals surface area contributed by atoms with Crippen molar-refractivity contribution < 1.29 is 5.11 Å². The van der Waals surface area contributed by atoms with Gasteiger partial charge >= 0.3 is 0 Å². The van der Waals surface area contributed by atoms with Crippen molar-refractivity contribution in [2.75, 3.05) is 6.61 Å². The van der Waals surface area contributed by atoms with Gasteiger partial charge in [0.25, 0.3) is 0 Å². The summed E-state index contributed by atoms with van der Waals surface area (Å²) < 4.78 is 0. The Hall–Kier alpha value is -0.960. The average molecular weight is 178 g/mol. The molecule has 2 rings (SSSR count). The van der Waals surface area contributed by atoms with E-state index in [1.165, 1.54) is 12.8 Å². The summed E-state index contributed by atoms with van der Waals surface area (Å²) >= 11 is 0. The smallest absolute Gasteiger partial charge is 0.136 e. The zero-order valence-electron chi connectivity index (χ0n) is 7.61. The van der Waals surface area contributed by atoms with Crippen molar-refractivity contribution in [2.45, 2.75) is 31.1 Å². The zero-order chi connectivity index (χ0) is 9.15. The fourth-order valence-electron chi connectivity index (χ4n) is 2.08. The van der Waals surface area contributed by atoms with Crippen LogP contribution in [0.25, 0.3) is 0 Å². The van der Waals surface area contributed by atoms with Crippen LogP contribution in [0, 0.1) is 0 Å². The third-order valence-electron chi connectivity index (χ3n) is 2.90. The molecule has 3 nitrogen and oxygen atoms in total. The Labute approximate surface area is 77.8 Å². The van der Waals surface area contributed by atoms with Crippen molar-refractivity contribution in [2.24, 2.45) is 0 Å². The predicted octanol–water partition coefficient (Wildman–Crippen LogP) is 1.28. The van der Waals surface area contributed by atoms with Crippen LogP contribution in [0.15, 0.2) is 18.5 Å². The van der Waals surface area contributed by atoms with E-state index in [4.69, 9.17) is 0 Å². The SMILES string of the molecule is OCC1(c2ncccn2)CCCC1. The lowest BCUT2D eigenvalue weighted by Crippen LogP contribution is -2.29. The number of hydrogen-bond acceptors (Lipinski definition) is 3. The summed E-state index contributed by atoms with van der Waals surface area (Å²) in [7, 11) is 0. The maximum Gasteiger partial charge on any atom is 0.136 e. The first kappa shape index (κ1) is 8.63. The highest BCUT2D eigenvalue weighted by atomic mass is 16.3. The molecule has 1 N–H and O–H groups in total. The van der Waals surface area contributed by atoms with E-state index in [-0.39, 0.29) is 12.0 Å². The topological polar surface area (TPSA) is 46.0 Å². The summed E-state index contributed by atoms with van der Waals surface area (Å²) in [6.07, 6.45) is 7.90. The van der Waals surface area contributed by atoms with Gasteiger partial charge in [-0.3, -0.25) is 0 Å². The summed E-state index contributed by atoms with van der Waals surface area (Å²) in [4.78, 5) is 8.47. The van der Waals surface area contributed by atoms with Crippen LogP contribution in [0.1, 0.15) is 31.5 Å². The van der Waals surface area contributed by atoms with Gasteiger partial charge in [-0.25, -0.2) is 9.97 Å². The minimum atomic E-state index is -0.138. The van der Waals surface area contributed by atoms with E-state index >= 15 is 0 Å². The van der Waals surface area contributed by atoms with Gasteiger partial charge < -0.3 is 5.11 Å². The molecule has 1 aromatic rings. The van der Waals surface area contributed by atoms with E-state index in [9.17, 15) is 5.11 Å². The molecule has 70 valence electrons. The summed E-state index contributed by atoms with van der Waals surface area (Å²) in [6, 6.07) is 1.81. The summed E-state index contributed by atoms with van der Waals surface area (Å²) in [5.74, 6) is 0.815. The second-order valence-corrected chi connectivity index (χ2v) is 3.72. The van der Waals surface area contributed by atoms with Crippen molar-refractivity contribution in [3.8, 4) is 0 Å². The maximum absolute atomic E-state index is 9.39. The third kappa shape index (κ3) is 1.44. The molecule has 0 atom stereocenters. The first-order valence-electron chi connectivity index (χ1n) is 4.76. The van der Waals surface area contributed by atoms with E-state index in [0.717, 1.165) is 18.7 Å². The second-order valence-electron chi connectivity index (χ2n) is 3.72. The molecule has 1 aromatic heterocycles. The van der Waals surface area contributed by atoms with Crippen LogP contribution in [0.3, 0.4) is 0 Å². The molecule has 0 saturated heterocycles. The average Bonchev–Trinajstić information content (AvgIpc) is 2.69. The van der Waals surface area contributed by atoms with Crippen molar-refractivity contribution >= 4 is 0 Å².